The van der Waals surface area contributed by atoms with Gasteiger partial charge in [-0.15, -0.1) is 21.5 Å². The van der Waals surface area contributed by atoms with E-state index in [1.165, 1.54) is 56.4 Å². The van der Waals surface area contributed by atoms with E-state index in [4.69, 9.17) is 0 Å². The molecule has 0 bridgehead atoms. The van der Waals surface area contributed by atoms with Gasteiger partial charge in [0.25, 0.3) is 11.5 Å². The lowest BCUT2D eigenvalue weighted by molar-refractivity contribution is 0.103. The van der Waals surface area contributed by atoms with Crippen molar-refractivity contribution in [1.29, 1.82) is 0 Å². The normalized spacial score (nSPS) is 11.4. The number of carbonyl (C=O) groups excluding carboxylic acids is 1. The molecule has 0 aliphatic rings. The molecule has 29 heavy (non-hydrogen) atoms. The SMILES string of the molecule is CC(C)Cc1nn2c(=O)cc(CSc3nnc(NC(=O)c4cccs4)s3)nc2s1. The summed E-state index contributed by atoms with van der Waals surface area (Å²) < 4.78 is 2.05. The molecule has 0 spiro atoms. The van der Waals surface area contributed by atoms with Crippen molar-refractivity contribution in [3.05, 3.63) is 49.5 Å². The fraction of sp³-hybridized carbons (Fsp3) is 0.294. The first-order valence-corrected chi connectivity index (χ1v) is 12.2. The number of nitrogens with zero attached hydrogens (tertiary/aromatic N) is 5. The van der Waals surface area contributed by atoms with E-state index < -0.39 is 0 Å². The molecule has 0 atom stereocenters. The highest BCUT2D eigenvalue weighted by Gasteiger charge is 2.13. The molecule has 1 N–H and O–H groups in total. The lowest BCUT2D eigenvalue weighted by Crippen LogP contribution is -2.15. The molecule has 12 heteroatoms. The van der Waals surface area contributed by atoms with Crippen LogP contribution in [0.3, 0.4) is 0 Å². The number of nitrogens with one attached hydrogen (secondary N) is 1. The van der Waals surface area contributed by atoms with E-state index in [-0.39, 0.29) is 11.5 Å². The number of thiophene rings is 1. The summed E-state index contributed by atoms with van der Waals surface area (Å²) in [5.74, 6) is 0.750. The number of thioether (sulfide) groups is 1. The minimum absolute atomic E-state index is 0.182. The van der Waals surface area contributed by atoms with Crippen LogP contribution < -0.4 is 10.9 Å². The summed E-state index contributed by atoms with van der Waals surface area (Å²) >= 11 is 5.52. The van der Waals surface area contributed by atoms with Gasteiger partial charge in [-0.1, -0.05) is 54.3 Å². The van der Waals surface area contributed by atoms with Gasteiger partial charge in [0, 0.05) is 18.2 Å². The van der Waals surface area contributed by atoms with Crippen LogP contribution in [0.5, 0.6) is 0 Å². The van der Waals surface area contributed by atoms with Crippen LogP contribution in [0.4, 0.5) is 5.13 Å². The number of rotatable bonds is 7. The van der Waals surface area contributed by atoms with Gasteiger partial charge in [0.2, 0.25) is 10.1 Å². The fourth-order valence-electron chi connectivity index (χ4n) is 2.42. The number of anilines is 1. The average molecular weight is 465 g/mol. The van der Waals surface area contributed by atoms with Crippen LogP contribution in [0.1, 0.15) is 34.2 Å². The van der Waals surface area contributed by atoms with Crippen LogP contribution in [0, 0.1) is 5.92 Å². The fourth-order valence-corrected chi connectivity index (χ4v) is 5.81. The second-order valence-electron chi connectivity index (χ2n) is 6.47. The maximum Gasteiger partial charge on any atom is 0.275 e. The van der Waals surface area contributed by atoms with E-state index in [9.17, 15) is 9.59 Å². The van der Waals surface area contributed by atoms with Crippen LogP contribution in [0.25, 0.3) is 4.96 Å². The molecular formula is C17H16N6O2S4. The van der Waals surface area contributed by atoms with Crippen molar-refractivity contribution in [3.8, 4) is 0 Å². The van der Waals surface area contributed by atoms with Crippen LogP contribution in [-0.4, -0.2) is 30.7 Å². The Kier molecular flexibility index (Phi) is 6.04. The maximum absolute atomic E-state index is 12.3. The largest absolute Gasteiger partial charge is 0.296 e. The summed E-state index contributed by atoms with van der Waals surface area (Å²) in [6, 6.07) is 5.07. The number of fused-ring (bicyclic) bond motifs is 1. The number of hydrogen-bond donors (Lipinski definition) is 1. The molecule has 8 nitrogen and oxygen atoms in total. The number of hydrogen-bond acceptors (Lipinski definition) is 10. The zero-order valence-corrected chi connectivity index (χ0v) is 18.8. The molecule has 0 saturated heterocycles. The van der Waals surface area contributed by atoms with E-state index in [0.29, 0.717) is 36.7 Å². The Labute approximate surface area is 182 Å². The molecular weight excluding hydrogens is 448 g/mol. The second-order valence-corrected chi connectivity index (χ2v) is 10.7. The van der Waals surface area contributed by atoms with E-state index in [0.717, 1.165) is 11.4 Å². The van der Waals surface area contributed by atoms with Crippen molar-refractivity contribution in [2.24, 2.45) is 5.92 Å². The lowest BCUT2D eigenvalue weighted by Gasteiger charge is -1.98. The Morgan fingerprint density at radius 1 is 1.31 bits per heavy atom. The molecule has 0 fully saturated rings. The van der Waals surface area contributed by atoms with Gasteiger partial charge in [-0.05, 0) is 17.4 Å². The number of amides is 1. The maximum atomic E-state index is 12.3. The smallest absolute Gasteiger partial charge is 0.275 e. The lowest BCUT2D eigenvalue weighted by atomic mass is 10.1. The molecule has 0 aliphatic heterocycles. The average Bonchev–Trinajstić information content (AvgIpc) is 3.40. The van der Waals surface area contributed by atoms with E-state index in [1.54, 1.807) is 6.07 Å². The second kappa shape index (κ2) is 8.69. The summed E-state index contributed by atoms with van der Waals surface area (Å²) in [7, 11) is 0. The van der Waals surface area contributed by atoms with Crippen molar-refractivity contribution < 1.29 is 4.79 Å². The Bertz CT molecular complexity index is 1190. The zero-order valence-electron chi connectivity index (χ0n) is 15.5. The van der Waals surface area contributed by atoms with E-state index >= 15 is 0 Å². The zero-order chi connectivity index (χ0) is 20.4. The van der Waals surface area contributed by atoms with Gasteiger partial charge in [-0.3, -0.25) is 14.9 Å². The van der Waals surface area contributed by atoms with Crippen LogP contribution in [0.15, 0.2) is 32.7 Å². The van der Waals surface area contributed by atoms with Gasteiger partial charge in [0.05, 0.1) is 10.6 Å². The number of carbonyl (C=O) groups is 1. The molecule has 4 rings (SSSR count). The Morgan fingerprint density at radius 3 is 2.93 bits per heavy atom. The first kappa shape index (κ1) is 20.1. The van der Waals surface area contributed by atoms with Gasteiger partial charge in [-0.2, -0.15) is 9.61 Å². The van der Waals surface area contributed by atoms with E-state index in [1.807, 2.05) is 11.4 Å². The van der Waals surface area contributed by atoms with Gasteiger partial charge in [0.1, 0.15) is 5.01 Å². The molecule has 4 heterocycles. The molecule has 0 unspecified atom stereocenters. The summed E-state index contributed by atoms with van der Waals surface area (Å²) in [5.41, 5.74) is 0.483. The molecule has 150 valence electrons. The van der Waals surface area contributed by atoms with Crippen LogP contribution >= 0.6 is 45.8 Å². The molecule has 0 aliphatic carbocycles. The van der Waals surface area contributed by atoms with Crippen molar-refractivity contribution >= 4 is 61.8 Å². The van der Waals surface area contributed by atoms with Crippen LogP contribution in [-0.2, 0) is 12.2 Å². The van der Waals surface area contributed by atoms with Crippen molar-refractivity contribution in [2.75, 3.05) is 5.32 Å². The first-order chi connectivity index (χ1) is 14.0. The highest BCUT2D eigenvalue weighted by atomic mass is 32.2. The van der Waals surface area contributed by atoms with Gasteiger partial charge >= 0.3 is 0 Å². The minimum Gasteiger partial charge on any atom is -0.296 e. The monoisotopic (exact) mass is 464 g/mol. The highest BCUT2D eigenvalue weighted by molar-refractivity contribution is 8.00. The first-order valence-electron chi connectivity index (χ1n) is 8.68. The predicted molar refractivity (Wildman–Crippen MR) is 117 cm³/mol. The summed E-state index contributed by atoms with van der Waals surface area (Å²) in [6.45, 7) is 4.23. The molecule has 0 radical (unpaired) electrons. The Balaban J connectivity index is 1.42. The van der Waals surface area contributed by atoms with Gasteiger partial charge in [-0.25, -0.2) is 4.98 Å². The molecule has 4 aromatic rings. The third-order valence-corrected chi connectivity index (χ3v) is 7.44. The Hall–Kier alpha value is -2.15. The topological polar surface area (TPSA) is 102 Å². The summed E-state index contributed by atoms with van der Waals surface area (Å²) in [4.78, 5) is 30.2. The Morgan fingerprint density at radius 2 is 2.17 bits per heavy atom. The molecule has 1 amide bonds. The third-order valence-electron chi connectivity index (χ3n) is 3.64. The van der Waals surface area contributed by atoms with Crippen molar-refractivity contribution in [1.82, 2.24) is 24.8 Å². The summed E-state index contributed by atoms with van der Waals surface area (Å²) in [6.07, 6.45) is 0.822. The van der Waals surface area contributed by atoms with E-state index in [2.05, 4.69) is 39.4 Å². The van der Waals surface area contributed by atoms with Gasteiger partial charge in [0.15, 0.2) is 4.34 Å². The van der Waals surface area contributed by atoms with Crippen molar-refractivity contribution in [3.63, 3.8) is 0 Å². The molecule has 0 aromatic carbocycles. The predicted octanol–water partition coefficient (Wildman–Crippen LogP) is 3.81. The standard InChI is InChI=1S/C17H16N6O2S4/c1-9(2)6-12-22-23-13(24)7-10(18-16(23)28-12)8-27-17-21-20-15(29-17)19-14(25)11-4-3-5-26-11/h3-5,7,9H,6,8H2,1-2H3,(H,19,20,25). The van der Waals surface area contributed by atoms with Gasteiger partial charge < -0.3 is 0 Å². The van der Waals surface area contributed by atoms with Crippen LogP contribution in [0.2, 0.25) is 0 Å². The summed E-state index contributed by atoms with van der Waals surface area (Å²) in [5, 5.41) is 18.4. The van der Waals surface area contributed by atoms with Crippen molar-refractivity contribution in [2.45, 2.75) is 30.4 Å². The quantitative estimate of drug-likeness (QED) is 0.328. The minimum atomic E-state index is -0.199. The molecule has 4 aromatic heterocycles. The third kappa shape index (κ3) is 4.89. The molecule has 0 saturated carbocycles. The highest BCUT2D eigenvalue weighted by Crippen LogP contribution is 2.28. The number of aromatic nitrogens is 5.